The molecule has 1 amide bonds. The van der Waals surface area contributed by atoms with Crippen molar-refractivity contribution in [2.75, 3.05) is 7.05 Å². The van der Waals surface area contributed by atoms with Crippen LogP contribution in [0.3, 0.4) is 0 Å². The summed E-state index contributed by atoms with van der Waals surface area (Å²) in [5.41, 5.74) is 0.854. The smallest absolute Gasteiger partial charge is 0.250 e. The molecule has 0 saturated heterocycles. The Bertz CT molecular complexity index is 337. The van der Waals surface area contributed by atoms with Gasteiger partial charge in [0.05, 0.1) is 6.04 Å². The molecule has 0 rings (SSSR count). The van der Waals surface area contributed by atoms with Crippen molar-refractivity contribution in [3.8, 4) is 0 Å². The first-order valence-electron chi connectivity index (χ1n) is 6.62. The number of carbonyl (C=O) groups is 1. The first kappa shape index (κ1) is 17.6. The molecule has 108 valence electrons. The molecular formula is C15H26N2O2. The Labute approximate surface area is 116 Å². The molecule has 3 atom stereocenters. The van der Waals surface area contributed by atoms with Gasteiger partial charge in [0.15, 0.2) is 0 Å². The van der Waals surface area contributed by atoms with Crippen molar-refractivity contribution in [1.29, 1.82) is 0 Å². The van der Waals surface area contributed by atoms with Gasteiger partial charge in [0.25, 0.3) is 5.91 Å². The Kier molecular flexibility index (Phi) is 8.83. The fourth-order valence-corrected chi connectivity index (χ4v) is 1.86. The van der Waals surface area contributed by atoms with Crippen molar-refractivity contribution >= 4 is 5.91 Å². The van der Waals surface area contributed by atoms with Crippen LogP contribution in [0.25, 0.3) is 0 Å². The second-order valence-corrected chi connectivity index (χ2v) is 4.47. The molecule has 4 nitrogen and oxygen atoms in total. The highest BCUT2D eigenvalue weighted by Gasteiger charge is 2.25. The SMILES string of the molecule is C=C/C=C(\C=C)C(C)NC(=O)C(O)C(CCC)NC. The van der Waals surface area contributed by atoms with Crippen molar-refractivity contribution in [3.05, 3.63) is 37.0 Å². The molecule has 4 heteroatoms. The molecule has 3 N–H and O–H groups in total. The van der Waals surface area contributed by atoms with Crippen LogP contribution in [0, 0.1) is 0 Å². The van der Waals surface area contributed by atoms with Crippen molar-refractivity contribution in [2.45, 2.75) is 44.9 Å². The molecule has 0 aliphatic carbocycles. The van der Waals surface area contributed by atoms with Crippen LogP contribution in [0.4, 0.5) is 0 Å². The Balaban J connectivity index is 4.62. The van der Waals surface area contributed by atoms with Crippen LogP contribution in [0.1, 0.15) is 26.7 Å². The summed E-state index contributed by atoms with van der Waals surface area (Å²) in [7, 11) is 1.74. The summed E-state index contributed by atoms with van der Waals surface area (Å²) in [6.45, 7) is 11.2. The Morgan fingerprint density at radius 2 is 2.05 bits per heavy atom. The third-order valence-corrected chi connectivity index (χ3v) is 3.02. The summed E-state index contributed by atoms with van der Waals surface area (Å²) in [4.78, 5) is 12.0. The highest BCUT2D eigenvalue weighted by atomic mass is 16.3. The maximum absolute atomic E-state index is 12.0. The maximum atomic E-state index is 12.0. The van der Waals surface area contributed by atoms with Gasteiger partial charge in [-0.3, -0.25) is 4.79 Å². The molecular weight excluding hydrogens is 240 g/mol. The van der Waals surface area contributed by atoms with E-state index in [0.29, 0.717) is 0 Å². The number of aliphatic hydroxyl groups excluding tert-OH is 1. The number of carbonyl (C=O) groups excluding carboxylic acids is 1. The van der Waals surface area contributed by atoms with Gasteiger partial charge in [-0.1, -0.05) is 44.7 Å². The van der Waals surface area contributed by atoms with E-state index >= 15 is 0 Å². The lowest BCUT2D eigenvalue weighted by molar-refractivity contribution is -0.131. The highest BCUT2D eigenvalue weighted by Crippen LogP contribution is 2.06. The predicted molar refractivity (Wildman–Crippen MR) is 79.8 cm³/mol. The fraction of sp³-hybridized carbons (Fsp3) is 0.533. The van der Waals surface area contributed by atoms with Gasteiger partial charge >= 0.3 is 0 Å². The normalized spacial score (nSPS) is 16.3. The minimum Gasteiger partial charge on any atom is -0.382 e. The van der Waals surface area contributed by atoms with E-state index in [0.717, 1.165) is 18.4 Å². The van der Waals surface area contributed by atoms with E-state index < -0.39 is 6.10 Å². The van der Waals surface area contributed by atoms with E-state index in [1.807, 2.05) is 13.8 Å². The monoisotopic (exact) mass is 266 g/mol. The summed E-state index contributed by atoms with van der Waals surface area (Å²) < 4.78 is 0. The van der Waals surface area contributed by atoms with Crippen LogP contribution in [0.5, 0.6) is 0 Å². The minimum atomic E-state index is -1.05. The van der Waals surface area contributed by atoms with Gasteiger partial charge in [-0.2, -0.15) is 0 Å². The zero-order valence-electron chi connectivity index (χ0n) is 12.1. The number of hydrogen-bond donors (Lipinski definition) is 3. The van der Waals surface area contributed by atoms with Crippen LogP contribution in [-0.4, -0.2) is 36.2 Å². The molecule has 0 heterocycles. The molecule has 0 aliphatic heterocycles. The third kappa shape index (κ3) is 5.85. The van der Waals surface area contributed by atoms with Gasteiger partial charge in [0.2, 0.25) is 0 Å². The molecule has 0 aromatic heterocycles. The molecule has 0 radical (unpaired) electrons. The van der Waals surface area contributed by atoms with E-state index in [4.69, 9.17) is 0 Å². The summed E-state index contributed by atoms with van der Waals surface area (Å²) in [5.74, 6) is -0.378. The zero-order valence-corrected chi connectivity index (χ0v) is 12.1. The average molecular weight is 266 g/mol. The molecule has 0 aliphatic rings. The molecule has 0 saturated carbocycles. The van der Waals surface area contributed by atoms with Crippen LogP contribution >= 0.6 is 0 Å². The quantitative estimate of drug-likeness (QED) is 0.555. The van der Waals surface area contributed by atoms with Gasteiger partial charge < -0.3 is 15.7 Å². The number of amides is 1. The van der Waals surface area contributed by atoms with Crippen LogP contribution in [0.2, 0.25) is 0 Å². The van der Waals surface area contributed by atoms with Crippen LogP contribution in [0.15, 0.2) is 37.0 Å². The van der Waals surface area contributed by atoms with E-state index in [1.165, 1.54) is 0 Å². The minimum absolute atomic E-state index is 0.211. The lowest BCUT2D eigenvalue weighted by atomic mass is 10.0. The maximum Gasteiger partial charge on any atom is 0.250 e. The molecule has 0 aromatic rings. The number of nitrogens with one attached hydrogen (secondary N) is 2. The van der Waals surface area contributed by atoms with E-state index in [2.05, 4.69) is 23.8 Å². The Hall–Kier alpha value is -1.39. The predicted octanol–water partition coefficient (Wildman–Crippen LogP) is 1.54. The molecule has 0 fully saturated rings. The fourth-order valence-electron chi connectivity index (χ4n) is 1.86. The standard InChI is InChI=1S/C15H26N2O2/c1-6-9-12(8-3)11(4)17-15(19)14(18)13(16-5)10-7-2/h6,8-9,11,13-14,16,18H,1,3,7,10H2,2,4-5H3,(H,17,19)/b12-9+. The topological polar surface area (TPSA) is 61.4 Å². The van der Waals surface area contributed by atoms with Gasteiger partial charge in [0, 0.05) is 6.04 Å². The Morgan fingerprint density at radius 3 is 2.47 bits per heavy atom. The van der Waals surface area contributed by atoms with Crippen molar-refractivity contribution in [3.63, 3.8) is 0 Å². The van der Waals surface area contributed by atoms with E-state index in [9.17, 15) is 9.90 Å². The largest absolute Gasteiger partial charge is 0.382 e. The second kappa shape index (κ2) is 9.53. The summed E-state index contributed by atoms with van der Waals surface area (Å²) in [6, 6.07) is -0.440. The summed E-state index contributed by atoms with van der Waals surface area (Å²) in [5, 5.41) is 15.7. The molecule has 0 aromatic carbocycles. The van der Waals surface area contributed by atoms with E-state index in [-0.39, 0.29) is 18.0 Å². The van der Waals surface area contributed by atoms with Crippen LogP contribution < -0.4 is 10.6 Å². The summed E-state index contributed by atoms with van der Waals surface area (Å²) >= 11 is 0. The molecule has 0 spiro atoms. The number of likely N-dealkylation sites (N-methyl/N-ethyl adjacent to an activating group) is 1. The highest BCUT2D eigenvalue weighted by molar-refractivity contribution is 5.82. The van der Waals surface area contributed by atoms with Gasteiger partial charge in [-0.25, -0.2) is 0 Å². The second-order valence-electron chi connectivity index (χ2n) is 4.47. The number of hydrogen-bond acceptors (Lipinski definition) is 3. The van der Waals surface area contributed by atoms with E-state index in [1.54, 1.807) is 25.3 Å². The van der Waals surface area contributed by atoms with Gasteiger partial charge in [-0.05, 0) is 26.0 Å². The first-order chi connectivity index (χ1) is 9.01. The number of rotatable bonds is 9. The van der Waals surface area contributed by atoms with Gasteiger partial charge in [-0.15, -0.1) is 0 Å². The van der Waals surface area contributed by atoms with Crippen LogP contribution in [-0.2, 0) is 4.79 Å². The lowest BCUT2D eigenvalue weighted by Crippen LogP contribution is -2.50. The summed E-state index contributed by atoms with van der Waals surface area (Å²) in [6.07, 6.45) is 5.69. The molecule has 19 heavy (non-hydrogen) atoms. The molecule has 3 unspecified atom stereocenters. The zero-order chi connectivity index (χ0) is 14.8. The van der Waals surface area contributed by atoms with Crippen molar-refractivity contribution in [1.82, 2.24) is 10.6 Å². The van der Waals surface area contributed by atoms with Crippen molar-refractivity contribution < 1.29 is 9.90 Å². The number of aliphatic hydroxyl groups is 1. The average Bonchev–Trinajstić information content (AvgIpc) is 2.40. The third-order valence-electron chi connectivity index (χ3n) is 3.02. The number of allylic oxidation sites excluding steroid dienone is 2. The Morgan fingerprint density at radius 1 is 1.42 bits per heavy atom. The lowest BCUT2D eigenvalue weighted by Gasteiger charge is -2.23. The van der Waals surface area contributed by atoms with Gasteiger partial charge in [0.1, 0.15) is 6.10 Å². The first-order valence-corrected chi connectivity index (χ1v) is 6.62. The molecule has 0 bridgehead atoms. The van der Waals surface area contributed by atoms with Crippen molar-refractivity contribution in [2.24, 2.45) is 0 Å².